The normalized spacial score (nSPS) is 14.8. The molecule has 1 aliphatic heterocycles. The number of unbranched alkanes of at least 4 members (excludes halogenated alkanes) is 1. The van der Waals surface area contributed by atoms with Crippen LogP contribution in [0.5, 0.6) is 0 Å². The van der Waals surface area contributed by atoms with Gasteiger partial charge in [0.2, 0.25) is 5.89 Å². The highest BCUT2D eigenvalue weighted by molar-refractivity contribution is 6.06. The van der Waals surface area contributed by atoms with Gasteiger partial charge in [0.1, 0.15) is 5.69 Å². The minimum Gasteiger partial charge on any atom is -0.415 e. The standard InChI is InChI=1S/C39H42N6O.C7H14.C5H10/c1-7-11-17-32(10-4)33-18-12-16-31(25-26-33)27-40-43-29(6)34-19-13-20-35(41-34)36-21-14-22-37(42-36)39-45-44-38(46-39)28(5)23-24-30(9-3)15-8-2;1-6(2)7(3,4)5;1-3-5-4-2/h8-12,14,16-17,19,21-26,40H,2-3,7,13,15,20,27H2,1,4-6H3;1H2,2-5H3;3H,1,4-5H2,2H3/b17-11-,28-23+,30-24+,32-10+,43-29+;;. The Bertz CT molecular complexity index is 2070. The van der Waals surface area contributed by atoms with Crippen LogP contribution in [0.15, 0.2) is 177 Å². The molecule has 2 aromatic rings. The summed E-state index contributed by atoms with van der Waals surface area (Å²) in [6.07, 6.45) is 32.0. The highest BCUT2D eigenvalue weighted by Crippen LogP contribution is 2.24. The van der Waals surface area contributed by atoms with Gasteiger partial charge in [-0.3, -0.25) is 0 Å². The molecule has 0 unspecified atom stereocenters. The van der Waals surface area contributed by atoms with E-state index >= 15 is 0 Å². The number of aromatic nitrogens is 3. The Morgan fingerprint density at radius 3 is 2.38 bits per heavy atom. The molecule has 0 saturated heterocycles. The fourth-order valence-corrected chi connectivity index (χ4v) is 4.82. The predicted molar refractivity (Wildman–Crippen MR) is 251 cm³/mol. The Balaban J connectivity index is 0.000000841. The van der Waals surface area contributed by atoms with Crippen molar-refractivity contribution in [1.82, 2.24) is 20.6 Å². The number of nitrogens with one attached hydrogen (secondary N) is 1. The second-order valence-corrected chi connectivity index (χ2v) is 14.8. The maximum atomic E-state index is 5.97. The van der Waals surface area contributed by atoms with Crippen molar-refractivity contribution < 1.29 is 4.42 Å². The Hall–Kier alpha value is -5.91. The smallest absolute Gasteiger partial charge is 0.266 e. The third-order valence-corrected chi connectivity index (χ3v) is 9.02. The lowest BCUT2D eigenvalue weighted by Gasteiger charge is -2.16. The SMILES string of the molecule is C=C(C)C(C)(C)C.C=CC/C(C=C)=C/C=C(\C)c1nnc(-c2cccc(C3=NC(/C(C)=N/NCC4=CC=C=C(C(/C=C\CC)=C/C)C=C4)=CCC3)n2)o1.C=CCCC. The third kappa shape index (κ3) is 17.1. The quantitative estimate of drug-likeness (QED) is 0.0603. The fourth-order valence-electron chi connectivity index (χ4n) is 4.82. The molecule has 58 heavy (non-hydrogen) atoms. The maximum Gasteiger partial charge on any atom is 0.266 e. The van der Waals surface area contributed by atoms with Gasteiger partial charge >= 0.3 is 0 Å². The van der Waals surface area contributed by atoms with E-state index in [-0.39, 0.29) is 0 Å². The number of nitrogens with zero attached hydrogens (tertiary/aromatic N) is 5. The lowest BCUT2D eigenvalue weighted by atomic mass is 9.89. The van der Waals surface area contributed by atoms with Crippen molar-refractivity contribution >= 4 is 17.0 Å². The molecule has 0 spiro atoms. The molecule has 7 heteroatoms. The second kappa shape index (κ2) is 26.1. The van der Waals surface area contributed by atoms with Gasteiger partial charge in [-0.2, -0.15) is 5.10 Å². The number of rotatable bonds is 16. The minimum absolute atomic E-state index is 0.306. The van der Waals surface area contributed by atoms with E-state index in [1.807, 2.05) is 75.4 Å². The molecule has 1 N–H and O–H groups in total. The topological polar surface area (TPSA) is 88.6 Å². The molecule has 0 aromatic carbocycles. The van der Waals surface area contributed by atoms with Gasteiger partial charge in [0.05, 0.1) is 29.4 Å². The van der Waals surface area contributed by atoms with Crippen LogP contribution >= 0.6 is 0 Å². The average Bonchev–Trinajstić information content (AvgIpc) is 3.61. The van der Waals surface area contributed by atoms with Crippen LogP contribution in [0.25, 0.3) is 17.2 Å². The van der Waals surface area contributed by atoms with E-state index < -0.39 is 0 Å². The highest BCUT2D eigenvalue weighted by Gasteiger charge is 2.16. The molecule has 2 aromatic heterocycles. The summed E-state index contributed by atoms with van der Waals surface area (Å²) >= 11 is 0. The van der Waals surface area contributed by atoms with Crippen molar-refractivity contribution in [3.8, 4) is 11.6 Å². The molecular formula is C51H66N6O. The van der Waals surface area contributed by atoms with Gasteiger partial charge in [0, 0.05) is 11.1 Å². The first kappa shape index (κ1) is 48.2. The number of hydrazone groups is 1. The summed E-state index contributed by atoms with van der Waals surface area (Å²) in [5.74, 6) is 0.797. The molecule has 0 atom stereocenters. The Morgan fingerprint density at radius 1 is 1.02 bits per heavy atom. The summed E-state index contributed by atoms with van der Waals surface area (Å²) in [6, 6.07) is 5.75. The van der Waals surface area contributed by atoms with E-state index in [2.05, 4.69) is 137 Å². The summed E-state index contributed by atoms with van der Waals surface area (Å²) < 4.78 is 5.97. The van der Waals surface area contributed by atoms with Crippen molar-refractivity contribution in [2.24, 2.45) is 15.5 Å². The number of pyridine rings is 1. The van der Waals surface area contributed by atoms with Crippen LogP contribution in [0, 0.1) is 5.41 Å². The monoisotopic (exact) mass is 779 g/mol. The zero-order valence-corrected chi connectivity index (χ0v) is 36.7. The van der Waals surface area contributed by atoms with Crippen molar-refractivity contribution in [3.05, 3.63) is 174 Å². The highest BCUT2D eigenvalue weighted by atomic mass is 16.4. The summed E-state index contributed by atoms with van der Waals surface area (Å²) in [4.78, 5) is 9.73. The maximum absolute atomic E-state index is 5.97. The van der Waals surface area contributed by atoms with Gasteiger partial charge in [-0.05, 0) is 112 Å². The van der Waals surface area contributed by atoms with Crippen LogP contribution in [0.4, 0.5) is 0 Å². The Morgan fingerprint density at radius 2 is 1.76 bits per heavy atom. The van der Waals surface area contributed by atoms with Crippen LogP contribution in [-0.2, 0) is 0 Å². The molecule has 3 heterocycles. The number of aliphatic imine (C=N–C) groups is 1. The molecule has 2 aliphatic rings. The van der Waals surface area contributed by atoms with Gasteiger partial charge in [-0.15, -0.1) is 29.1 Å². The van der Waals surface area contributed by atoms with Gasteiger partial charge in [0.25, 0.3) is 5.89 Å². The average molecular weight is 779 g/mol. The zero-order chi connectivity index (χ0) is 42.9. The Labute approximate surface area is 349 Å². The first-order valence-electron chi connectivity index (χ1n) is 20.2. The Kier molecular flexibility index (Phi) is 21.7. The van der Waals surface area contributed by atoms with E-state index in [4.69, 9.17) is 14.4 Å². The van der Waals surface area contributed by atoms with E-state index in [9.17, 15) is 0 Å². The zero-order valence-electron chi connectivity index (χ0n) is 36.7. The van der Waals surface area contributed by atoms with E-state index in [0.717, 1.165) is 82.8 Å². The van der Waals surface area contributed by atoms with Crippen LogP contribution in [0.1, 0.15) is 112 Å². The molecule has 4 rings (SSSR count). The van der Waals surface area contributed by atoms with Gasteiger partial charge < -0.3 is 9.84 Å². The number of hydrogen-bond donors (Lipinski definition) is 1. The summed E-state index contributed by atoms with van der Waals surface area (Å²) in [6.45, 7) is 34.3. The van der Waals surface area contributed by atoms with Crippen LogP contribution < -0.4 is 5.43 Å². The molecule has 1 aliphatic carbocycles. The van der Waals surface area contributed by atoms with E-state index in [1.165, 1.54) is 12.0 Å². The number of allylic oxidation sites excluding steroid dienone is 17. The molecule has 0 radical (unpaired) electrons. The summed E-state index contributed by atoms with van der Waals surface area (Å²) in [5.41, 5.74) is 17.3. The van der Waals surface area contributed by atoms with Crippen LogP contribution in [0.2, 0.25) is 0 Å². The van der Waals surface area contributed by atoms with Gasteiger partial charge in [0.15, 0.2) is 0 Å². The first-order chi connectivity index (χ1) is 27.8. The molecule has 306 valence electrons. The van der Waals surface area contributed by atoms with Crippen molar-refractivity contribution in [2.45, 2.75) is 101 Å². The van der Waals surface area contributed by atoms with Crippen LogP contribution in [0.3, 0.4) is 0 Å². The lowest BCUT2D eigenvalue weighted by Crippen LogP contribution is -2.15. The lowest BCUT2D eigenvalue weighted by molar-refractivity contribution is 0.506. The molecule has 0 amide bonds. The molecule has 7 nitrogen and oxygen atoms in total. The second-order valence-electron chi connectivity index (χ2n) is 14.8. The molecule has 0 saturated carbocycles. The van der Waals surface area contributed by atoms with Crippen molar-refractivity contribution in [1.29, 1.82) is 0 Å². The fraction of sp³-hybridized carbons (Fsp3) is 0.333. The number of hydrogen-bond acceptors (Lipinski definition) is 7. The predicted octanol–water partition coefficient (Wildman–Crippen LogP) is 13.7. The third-order valence-electron chi connectivity index (χ3n) is 9.02. The summed E-state index contributed by atoms with van der Waals surface area (Å²) in [7, 11) is 0. The molecule has 0 bridgehead atoms. The van der Waals surface area contributed by atoms with Crippen molar-refractivity contribution in [2.75, 3.05) is 6.54 Å². The van der Waals surface area contributed by atoms with E-state index in [0.29, 0.717) is 29.4 Å². The van der Waals surface area contributed by atoms with Gasteiger partial charge in [-0.1, -0.05) is 127 Å². The van der Waals surface area contributed by atoms with Crippen LogP contribution in [-0.4, -0.2) is 33.1 Å². The van der Waals surface area contributed by atoms with Gasteiger partial charge in [-0.25, -0.2) is 9.98 Å². The largest absolute Gasteiger partial charge is 0.415 e. The molecular weight excluding hydrogens is 713 g/mol. The molecule has 0 fully saturated rings. The minimum atomic E-state index is 0.306. The van der Waals surface area contributed by atoms with E-state index in [1.54, 1.807) is 0 Å². The first-order valence-corrected chi connectivity index (χ1v) is 20.2. The van der Waals surface area contributed by atoms with Crippen molar-refractivity contribution in [3.63, 3.8) is 0 Å². The summed E-state index contributed by atoms with van der Waals surface area (Å²) in [5, 5.41) is 13.1.